The lowest BCUT2D eigenvalue weighted by Gasteiger charge is -2.13. The zero-order chi connectivity index (χ0) is 14.2. The van der Waals surface area contributed by atoms with Crippen molar-refractivity contribution in [1.82, 2.24) is 0 Å². The molecule has 0 spiro atoms. The summed E-state index contributed by atoms with van der Waals surface area (Å²) in [4.78, 5) is 1.05. The van der Waals surface area contributed by atoms with E-state index < -0.39 is 0 Å². The number of nitriles is 1. The predicted molar refractivity (Wildman–Crippen MR) is 84.3 cm³/mol. The van der Waals surface area contributed by atoms with Crippen LogP contribution in [0.3, 0.4) is 0 Å². The van der Waals surface area contributed by atoms with Gasteiger partial charge in [0, 0.05) is 11.4 Å². The summed E-state index contributed by atoms with van der Waals surface area (Å²) < 4.78 is 5.83. The van der Waals surface area contributed by atoms with E-state index in [1.807, 2.05) is 18.2 Å². The minimum absolute atomic E-state index is 0.453. The molecule has 1 aromatic carbocycles. The fourth-order valence-electron chi connectivity index (χ4n) is 2.54. The molecule has 0 atom stereocenters. The topological polar surface area (TPSA) is 45.0 Å². The van der Waals surface area contributed by atoms with Crippen LogP contribution in [0.1, 0.15) is 38.2 Å². The quantitative estimate of drug-likeness (QED) is 0.608. The first kappa shape index (κ1) is 15.2. The number of nitrogens with one attached hydrogen (secondary N) is 1. The molecular weight excluding hydrogens is 268 g/mol. The maximum atomic E-state index is 9.32. The summed E-state index contributed by atoms with van der Waals surface area (Å²) in [7, 11) is 0. The second-order valence-corrected chi connectivity index (χ2v) is 6.23. The number of anilines is 1. The number of thioether (sulfide) groups is 1. The molecule has 108 valence electrons. The number of ether oxygens (including phenoxy) is 1. The first-order valence-corrected chi connectivity index (χ1v) is 8.35. The number of hydrogen-bond donors (Lipinski definition) is 1. The van der Waals surface area contributed by atoms with Crippen molar-refractivity contribution in [3.05, 3.63) is 23.8 Å². The summed E-state index contributed by atoms with van der Waals surface area (Å²) in [6, 6.07) is 8.28. The van der Waals surface area contributed by atoms with Crippen molar-refractivity contribution >= 4 is 17.4 Å². The third-order valence-corrected chi connectivity index (χ3v) is 4.45. The maximum absolute atomic E-state index is 9.32. The Balaban J connectivity index is 1.85. The summed E-state index contributed by atoms with van der Waals surface area (Å²) in [6.07, 6.45) is 5.45. The molecule has 0 amide bonds. The summed E-state index contributed by atoms with van der Waals surface area (Å²) in [5.41, 5.74) is 1.67. The van der Waals surface area contributed by atoms with E-state index in [0.29, 0.717) is 12.7 Å². The highest BCUT2D eigenvalue weighted by molar-refractivity contribution is 7.99. The van der Waals surface area contributed by atoms with Crippen LogP contribution in [0.2, 0.25) is 0 Å². The summed E-state index contributed by atoms with van der Waals surface area (Å²) in [5.74, 6) is 0.975. The Morgan fingerprint density at radius 3 is 2.90 bits per heavy atom. The van der Waals surface area contributed by atoms with Gasteiger partial charge in [-0.3, -0.25) is 0 Å². The van der Waals surface area contributed by atoms with Crippen LogP contribution < -0.4 is 5.32 Å². The molecule has 3 nitrogen and oxygen atoms in total. The van der Waals surface area contributed by atoms with Crippen LogP contribution in [-0.2, 0) is 4.74 Å². The Bertz CT molecular complexity index is 464. The van der Waals surface area contributed by atoms with Gasteiger partial charge in [0.1, 0.15) is 6.07 Å². The first-order chi connectivity index (χ1) is 9.85. The molecule has 0 bridgehead atoms. The monoisotopic (exact) mass is 290 g/mol. The van der Waals surface area contributed by atoms with Gasteiger partial charge in [0.2, 0.25) is 0 Å². The van der Waals surface area contributed by atoms with Crippen LogP contribution in [-0.4, -0.2) is 25.0 Å². The second kappa shape index (κ2) is 8.18. The summed E-state index contributed by atoms with van der Waals surface area (Å²) >= 11 is 1.71. The van der Waals surface area contributed by atoms with Gasteiger partial charge in [-0.25, -0.2) is 0 Å². The van der Waals surface area contributed by atoms with Crippen molar-refractivity contribution in [2.45, 2.75) is 43.6 Å². The van der Waals surface area contributed by atoms with Crippen LogP contribution in [0, 0.1) is 11.3 Å². The number of hydrogen-bond acceptors (Lipinski definition) is 4. The predicted octanol–water partition coefficient (Wildman–Crippen LogP) is 4.04. The van der Waals surface area contributed by atoms with Crippen molar-refractivity contribution in [1.29, 1.82) is 5.26 Å². The Labute approximate surface area is 125 Å². The maximum Gasteiger partial charge on any atom is 0.102 e. The Morgan fingerprint density at radius 2 is 2.20 bits per heavy atom. The van der Waals surface area contributed by atoms with Crippen LogP contribution in [0.4, 0.5) is 5.69 Å². The van der Waals surface area contributed by atoms with E-state index >= 15 is 0 Å². The average molecular weight is 290 g/mol. The third-order valence-electron chi connectivity index (χ3n) is 3.51. The normalized spacial score (nSPS) is 15.2. The molecule has 0 radical (unpaired) electrons. The van der Waals surface area contributed by atoms with E-state index in [-0.39, 0.29) is 0 Å². The summed E-state index contributed by atoms with van der Waals surface area (Å²) in [5, 5.41) is 12.6. The number of benzene rings is 1. The van der Waals surface area contributed by atoms with Gasteiger partial charge in [0.25, 0.3) is 0 Å². The molecule has 1 saturated carbocycles. The SMILES string of the molecule is CCSc1cccc(NCCOC2CCCC2)c1C#N. The van der Waals surface area contributed by atoms with Crippen molar-refractivity contribution in [2.75, 3.05) is 24.2 Å². The van der Waals surface area contributed by atoms with E-state index in [2.05, 4.69) is 18.3 Å². The lowest BCUT2D eigenvalue weighted by molar-refractivity contribution is 0.0659. The smallest absolute Gasteiger partial charge is 0.102 e. The number of nitrogens with zero attached hydrogens (tertiary/aromatic N) is 1. The largest absolute Gasteiger partial charge is 0.382 e. The molecule has 20 heavy (non-hydrogen) atoms. The third kappa shape index (κ3) is 4.16. The van der Waals surface area contributed by atoms with E-state index in [9.17, 15) is 5.26 Å². The highest BCUT2D eigenvalue weighted by atomic mass is 32.2. The Morgan fingerprint density at radius 1 is 1.40 bits per heavy atom. The molecule has 0 saturated heterocycles. The Hall–Kier alpha value is -1.18. The highest BCUT2D eigenvalue weighted by Gasteiger charge is 2.14. The first-order valence-electron chi connectivity index (χ1n) is 7.36. The van der Waals surface area contributed by atoms with E-state index in [4.69, 9.17) is 4.74 Å². The molecule has 1 N–H and O–H groups in total. The van der Waals surface area contributed by atoms with Gasteiger partial charge >= 0.3 is 0 Å². The van der Waals surface area contributed by atoms with Crippen LogP contribution in [0.5, 0.6) is 0 Å². The lowest BCUT2D eigenvalue weighted by atomic mass is 10.2. The molecule has 1 fully saturated rings. The van der Waals surface area contributed by atoms with Crippen molar-refractivity contribution in [2.24, 2.45) is 0 Å². The van der Waals surface area contributed by atoms with Gasteiger partial charge in [-0.1, -0.05) is 25.8 Å². The molecular formula is C16H22N2OS. The fourth-order valence-corrected chi connectivity index (χ4v) is 3.32. The van der Waals surface area contributed by atoms with E-state index in [1.54, 1.807) is 11.8 Å². The van der Waals surface area contributed by atoms with Crippen molar-refractivity contribution in [3.8, 4) is 6.07 Å². The van der Waals surface area contributed by atoms with Crippen LogP contribution >= 0.6 is 11.8 Å². The van der Waals surface area contributed by atoms with Crippen LogP contribution in [0.15, 0.2) is 23.1 Å². The molecule has 0 heterocycles. The lowest BCUT2D eigenvalue weighted by Crippen LogP contribution is -2.15. The molecule has 1 aromatic rings. The highest BCUT2D eigenvalue weighted by Crippen LogP contribution is 2.27. The second-order valence-electron chi connectivity index (χ2n) is 4.93. The summed E-state index contributed by atoms with van der Waals surface area (Å²) in [6.45, 7) is 3.56. The minimum atomic E-state index is 0.453. The molecule has 0 aliphatic heterocycles. The van der Waals surface area contributed by atoms with Gasteiger partial charge < -0.3 is 10.1 Å². The Kier molecular flexibility index (Phi) is 6.23. The van der Waals surface area contributed by atoms with Crippen molar-refractivity contribution in [3.63, 3.8) is 0 Å². The standard InChI is InChI=1S/C16H22N2OS/c1-2-20-16-9-5-8-15(14(16)12-17)18-10-11-19-13-6-3-4-7-13/h5,8-9,13,18H,2-4,6-7,10-11H2,1H3. The zero-order valence-electron chi connectivity index (χ0n) is 12.0. The van der Waals surface area contributed by atoms with E-state index in [1.165, 1.54) is 25.7 Å². The molecule has 0 aromatic heterocycles. The van der Waals surface area contributed by atoms with Gasteiger partial charge in [-0.05, 0) is 30.7 Å². The average Bonchev–Trinajstić information content (AvgIpc) is 2.97. The van der Waals surface area contributed by atoms with Gasteiger partial charge in [0.15, 0.2) is 0 Å². The van der Waals surface area contributed by atoms with E-state index in [0.717, 1.165) is 28.4 Å². The molecule has 4 heteroatoms. The van der Waals surface area contributed by atoms with Gasteiger partial charge in [0.05, 0.1) is 24.0 Å². The number of rotatable bonds is 7. The van der Waals surface area contributed by atoms with Gasteiger partial charge in [-0.2, -0.15) is 5.26 Å². The van der Waals surface area contributed by atoms with Crippen LogP contribution in [0.25, 0.3) is 0 Å². The van der Waals surface area contributed by atoms with Gasteiger partial charge in [-0.15, -0.1) is 11.8 Å². The molecule has 0 unspecified atom stereocenters. The molecule has 2 rings (SSSR count). The minimum Gasteiger partial charge on any atom is -0.382 e. The zero-order valence-corrected chi connectivity index (χ0v) is 12.8. The van der Waals surface area contributed by atoms with Crippen molar-refractivity contribution < 1.29 is 4.74 Å². The molecule has 1 aliphatic carbocycles. The fraction of sp³-hybridized carbons (Fsp3) is 0.562. The molecule has 1 aliphatic rings.